The number of pyridine rings is 1. The van der Waals surface area contributed by atoms with E-state index in [0.29, 0.717) is 17.5 Å². The Morgan fingerprint density at radius 1 is 0.548 bits per heavy atom. The largest absolute Gasteiger partial charge is 0.333 e. The summed E-state index contributed by atoms with van der Waals surface area (Å²) in [5, 5.41) is 1.31. The van der Waals surface area contributed by atoms with Gasteiger partial charge in [0.25, 0.3) is 0 Å². The Labute approximate surface area is 360 Å². The first kappa shape index (κ1) is 35.9. The van der Waals surface area contributed by atoms with Crippen LogP contribution in [-0.4, -0.2) is 30.5 Å². The van der Waals surface area contributed by atoms with Crippen molar-refractivity contribution in [1.29, 1.82) is 0 Å². The Bertz CT molecular complexity index is 3180. The molecule has 0 radical (unpaired) electrons. The topological polar surface area (TPSA) is 59.7 Å². The summed E-state index contributed by atoms with van der Waals surface area (Å²) in [6, 6.07) is 59.9. The van der Waals surface area contributed by atoms with Gasteiger partial charge in [0.05, 0.1) is 17.3 Å². The molecule has 6 nitrogen and oxygen atoms in total. The van der Waals surface area contributed by atoms with Crippen LogP contribution in [0.1, 0.15) is 34.9 Å². The zero-order valence-electron chi connectivity index (χ0n) is 33.9. The molecule has 1 aliphatic heterocycles. The molecule has 6 aromatic carbocycles. The monoisotopic (exact) mass is 796 g/mol. The number of anilines is 2. The van der Waals surface area contributed by atoms with E-state index in [9.17, 15) is 0 Å². The van der Waals surface area contributed by atoms with E-state index in [1.54, 1.807) is 0 Å². The van der Waals surface area contributed by atoms with Gasteiger partial charge in [-0.25, -0.2) is 15.0 Å². The highest BCUT2D eigenvalue weighted by atomic mass is 15.2. The minimum Gasteiger partial charge on any atom is -0.333 e. The van der Waals surface area contributed by atoms with Gasteiger partial charge in [0.2, 0.25) is 0 Å². The van der Waals surface area contributed by atoms with Crippen molar-refractivity contribution in [3.05, 3.63) is 223 Å². The van der Waals surface area contributed by atoms with Crippen molar-refractivity contribution in [3.8, 4) is 51.0 Å². The summed E-state index contributed by atoms with van der Waals surface area (Å²) in [4.78, 5) is 22.3. The fourth-order valence-electron chi connectivity index (χ4n) is 9.66. The Morgan fingerprint density at radius 3 is 1.97 bits per heavy atom. The van der Waals surface area contributed by atoms with E-state index < -0.39 is 0 Å². The molecule has 2 atom stereocenters. The molecule has 2 unspecified atom stereocenters. The van der Waals surface area contributed by atoms with Crippen LogP contribution in [0.5, 0.6) is 0 Å². The van der Waals surface area contributed by atoms with Crippen molar-refractivity contribution in [2.75, 3.05) is 4.90 Å². The summed E-state index contributed by atoms with van der Waals surface area (Å²) in [6.07, 6.45) is 15.6. The first-order valence-electron chi connectivity index (χ1n) is 21.4. The van der Waals surface area contributed by atoms with Crippen LogP contribution < -0.4 is 4.90 Å². The number of allylic oxidation sites excluding steroid dienone is 3. The van der Waals surface area contributed by atoms with Crippen molar-refractivity contribution in [2.45, 2.75) is 24.8 Å². The highest BCUT2D eigenvalue weighted by Crippen LogP contribution is 2.49. The Morgan fingerprint density at radius 2 is 1.23 bits per heavy atom. The number of rotatable bonds is 7. The lowest BCUT2D eigenvalue weighted by atomic mass is 9.87. The van der Waals surface area contributed by atoms with Crippen molar-refractivity contribution in [3.63, 3.8) is 0 Å². The number of para-hydroxylation sites is 2. The average molecular weight is 797 g/mol. The fourth-order valence-corrected chi connectivity index (χ4v) is 9.66. The molecule has 62 heavy (non-hydrogen) atoms. The van der Waals surface area contributed by atoms with Crippen LogP contribution in [0.4, 0.5) is 11.4 Å². The number of nitrogens with zero attached hydrogens (tertiary/aromatic N) is 6. The third-order valence-electron chi connectivity index (χ3n) is 12.5. The van der Waals surface area contributed by atoms with Gasteiger partial charge in [0.1, 0.15) is 0 Å². The molecule has 3 aliphatic rings. The van der Waals surface area contributed by atoms with Gasteiger partial charge in [-0.05, 0) is 83.6 Å². The Hall–Kier alpha value is -7.96. The van der Waals surface area contributed by atoms with Crippen LogP contribution in [0.3, 0.4) is 0 Å². The molecular formula is C56H40N6. The third kappa shape index (κ3) is 6.10. The van der Waals surface area contributed by atoms with Gasteiger partial charge in [-0.3, -0.25) is 4.98 Å². The predicted octanol–water partition coefficient (Wildman–Crippen LogP) is 13.1. The van der Waals surface area contributed by atoms with Crippen molar-refractivity contribution >= 4 is 33.9 Å². The van der Waals surface area contributed by atoms with E-state index in [2.05, 4.69) is 143 Å². The molecule has 6 heteroatoms. The van der Waals surface area contributed by atoms with E-state index in [0.717, 1.165) is 46.5 Å². The van der Waals surface area contributed by atoms with Crippen molar-refractivity contribution < 1.29 is 0 Å². The van der Waals surface area contributed by atoms with E-state index in [4.69, 9.17) is 19.9 Å². The molecule has 3 aromatic heterocycles. The maximum absolute atomic E-state index is 5.00. The van der Waals surface area contributed by atoms with Gasteiger partial charge in [-0.1, -0.05) is 152 Å². The molecule has 0 saturated carbocycles. The molecule has 0 saturated heterocycles. The smallest absolute Gasteiger partial charge is 0.164 e. The van der Waals surface area contributed by atoms with Gasteiger partial charge in [-0.15, -0.1) is 0 Å². The SMILES string of the molecule is C1=Cc2c(n(-c3ccccc3)c3cccc(-c4ccc(N5c6ccccc6C6C=CC(c7cc(-c8nc(-c9ccccc9)nc(-c9ccccc9)n8)ccn7)=CC65)cc4)c23)CC1. The standard InChI is InChI=1S/C56H40N6/c1-4-15-38(16-5-1)54-58-55(39-17-6-2-7-18-39)60-56(59-54)41-33-34-57-48(35-41)40-29-32-46-45-21-10-12-24-49(45)62(52(46)36-40)43-30-27-37(28-31-43)44-23-14-26-51-53(44)47-22-11-13-25-50(47)61(51)42-19-8-3-9-20-42/h1-12,14-24,26-36,46,52H,13,25H2. The van der Waals surface area contributed by atoms with Crippen LogP contribution in [0.25, 0.3) is 73.5 Å². The Kier molecular flexibility index (Phi) is 8.66. The number of benzene rings is 6. The molecule has 294 valence electrons. The van der Waals surface area contributed by atoms with Gasteiger partial charge in [0, 0.05) is 62.5 Å². The molecule has 0 fully saturated rings. The van der Waals surface area contributed by atoms with Gasteiger partial charge < -0.3 is 9.47 Å². The molecule has 0 bridgehead atoms. The molecule has 0 amide bonds. The van der Waals surface area contributed by atoms with Crippen LogP contribution in [0.15, 0.2) is 200 Å². The summed E-state index contributed by atoms with van der Waals surface area (Å²) >= 11 is 0. The zero-order chi connectivity index (χ0) is 41.0. The summed E-state index contributed by atoms with van der Waals surface area (Å²) in [5.74, 6) is 2.08. The van der Waals surface area contributed by atoms with E-state index in [1.807, 2.05) is 72.9 Å². The van der Waals surface area contributed by atoms with Crippen molar-refractivity contribution in [2.24, 2.45) is 0 Å². The molecule has 0 spiro atoms. The maximum Gasteiger partial charge on any atom is 0.164 e. The Balaban J connectivity index is 0.912. The molecule has 9 aromatic rings. The van der Waals surface area contributed by atoms with E-state index >= 15 is 0 Å². The maximum atomic E-state index is 5.00. The fraction of sp³-hybridized carbons (Fsp3) is 0.0714. The van der Waals surface area contributed by atoms with Crippen LogP contribution in [-0.2, 0) is 6.42 Å². The summed E-state index contributed by atoms with van der Waals surface area (Å²) in [5.41, 5.74) is 16.1. The second-order valence-corrected chi connectivity index (χ2v) is 16.1. The predicted molar refractivity (Wildman–Crippen MR) is 252 cm³/mol. The van der Waals surface area contributed by atoms with Gasteiger partial charge >= 0.3 is 0 Å². The molecule has 12 rings (SSSR count). The minimum absolute atomic E-state index is 0.0655. The first-order valence-corrected chi connectivity index (χ1v) is 21.4. The van der Waals surface area contributed by atoms with Crippen LogP contribution in [0.2, 0.25) is 0 Å². The van der Waals surface area contributed by atoms with E-state index in [1.165, 1.54) is 50.2 Å². The summed E-state index contributed by atoms with van der Waals surface area (Å²) in [7, 11) is 0. The number of hydrogen-bond acceptors (Lipinski definition) is 5. The van der Waals surface area contributed by atoms with Gasteiger partial charge in [0.15, 0.2) is 17.5 Å². The van der Waals surface area contributed by atoms with Gasteiger partial charge in [-0.2, -0.15) is 0 Å². The minimum atomic E-state index is 0.0655. The molecular weight excluding hydrogens is 757 g/mol. The lowest BCUT2D eigenvalue weighted by Gasteiger charge is -2.30. The number of aromatic nitrogens is 5. The zero-order valence-corrected chi connectivity index (χ0v) is 33.9. The molecule has 4 heterocycles. The number of hydrogen-bond donors (Lipinski definition) is 0. The van der Waals surface area contributed by atoms with E-state index in [-0.39, 0.29) is 12.0 Å². The second kappa shape index (κ2) is 14.9. The normalized spacial score (nSPS) is 16.2. The lowest BCUT2D eigenvalue weighted by Crippen LogP contribution is -2.29. The summed E-state index contributed by atoms with van der Waals surface area (Å²) < 4.78 is 2.46. The first-order chi connectivity index (χ1) is 30.7. The quantitative estimate of drug-likeness (QED) is 0.161. The third-order valence-corrected chi connectivity index (χ3v) is 12.5. The highest BCUT2D eigenvalue weighted by molar-refractivity contribution is 6.04. The van der Waals surface area contributed by atoms with Crippen LogP contribution >= 0.6 is 0 Å². The summed E-state index contributed by atoms with van der Waals surface area (Å²) in [6.45, 7) is 0. The highest BCUT2D eigenvalue weighted by Gasteiger charge is 2.38. The number of fused-ring (bicyclic) bond motifs is 6. The van der Waals surface area contributed by atoms with Crippen molar-refractivity contribution in [1.82, 2.24) is 24.5 Å². The molecule has 0 N–H and O–H groups in total. The lowest BCUT2D eigenvalue weighted by molar-refractivity contribution is 0.747. The average Bonchev–Trinajstić information content (AvgIpc) is 3.87. The van der Waals surface area contributed by atoms with Crippen LogP contribution in [0, 0.1) is 0 Å². The second-order valence-electron chi connectivity index (χ2n) is 16.1. The molecule has 2 aliphatic carbocycles.